The van der Waals surface area contributed by atoms with E-state index in [0.29, 0.717) is 0 Å². The van der Waals surface area contributed by atoms with Gasteiger partial charge in [-0.25, -0.2) is 9.59 Å². The van der Waals surface area contributed by atoms with E-state index in [4.69, 9.17) is 4.55 Å². The summed E-state index contributed by atoms with van der Waals surface area (Å²) in [6, 6.07) is 0.965. The van der Waals surface area contributed by atoms with Crippen molar-refractivity contribution in [3.63, 3.8) is 0 Å². The molecule has 0 fully saturated rings. The normalized spacial score (nSPS) is 11.8. The number of hydrogen-bond donors (Lipinski definition) is 1. The molecule has 0 bridgehead atoms. The Morgan fingerprint density at radius 2 is 1.81 bits per heavy atom. The van der Waals surface area contributed by atoms with Crippen molar-refractivity contribution in [2.75, 3.05) is 13.7 Å². The minimum absolute atomic E-state index is 0.131. The number of methoxy groups -OCH3 is 1. The fourth-order valence-corrected chi connectivity index (χ4v) is 1.30. The first kappa shape index (κ1) is 16.9. The number of rotatable bonds is 5. The monoisotopic (exact) mass is 325 g/mol. The number of alkyl halides is 2. The molecule has 0 amide bonds. The second-order valence-corrected chi connectivity index (χ2v) is 5.19. The molecule has 1 heterocycles. The van der Waals surface area contributed by atoms with Gasteiger partial charge in [0.15, 0.2) is 6.61 Å². The summed E-state index contributed by atoms with van der Waals surface area (Å²) in [6.07, 6.45) is 1.98. The third kappa shape index (κ3) is 4.16. The van der Waals surface area contributed by atoms with Crippen molar-refractivity contribution in [2.45, 2.75) is 5.25 Å². The van der Waals surface area contributed by atoms with Gasteiger partial charge in [0.2, 0.25) is 0 Å². The molecule has 1 N–H and O–H groups in total. The minimum atomic E-state index is -5.71. The van der Waals surface area contributed by atoms with Gasteiger partial charge in [0, 0.05) is 12.4 Å². The first-order chi connectivity index (χ1) is 9.58. The molecule has 0 saturated heterocycles. The Hall–Kier alpha value is -2.14. The summed E-state index contributed by atoms with van der Waals surface area (Å²) < 4.78 is 63.0. The molecule has 1 aromatic rings. The first-order valence-electron chi connectivity index (χ1n) is 5.14. The van der Waals surface area contributed by atoms with Gasteiger partial charge in [0.1, 0.15) is 0 Å². The standard InChI is InChI=1S/C10H9F2NO7S/c1-19-8(14)6-2-7(4-13-3-6)9(15)20-5-10(11,12)21(16,17)18/h2-4H,5H2,1H3,(H,16,17,18). The number of pyridine rings is 1. The van der Waals surface area contributed by atoms with Crippen molar-refractivity contribution in [2.24, 2.45) is 0 Å². The van der Waals surface area contributed by atoms with Crippen LogP contribution in [-0.2, 0) is 19.6 Å². The number of carbonyl (C=O) groups excluding carboxylic acids is 2. The average Bonchev–Trinajstić information content (AvgIpc) is 2.42. The van der Waals surface area contributed by atoms with E-state index in [9.17, 15) is 26.8 Å². The van der Waals surface area contributed by atoms with Crippen LogP contribution < -0.4 is 0 Å². The van der Waals surface area contributed by atoms with Gasteiger partial charge in [0.05, 0.1) is 18.2 Å². The zero-order valence-corrected chi connectivity index (χ0v) is 11.3. The van der Waals surface area contributed by atoms with Crippen LogP contribution in [0.25, 0.3) is 0 Å². The van der Waals surface area contributed by atoms with Gasteiger partial charge in [-0.1, -0.05) is 0 Å². The summed E-state index contributed by atoms with van der Waals surface area (Å²) in [5.74, 6) is -2.17. The highest BCUT2D eigenvalue weighted by Crippen LogP contribution is 2.21. The van der Waals surface area contributed by atoms with Crippen molar-refractivity contribution in [3.05, 3.63) is 29.6 Å². The molecule has 0 unspecified atom stereocenters. The Bertz CT molecular complexity index is 659. The molecule has 8 nitrogen and oxygen atoms in total. The molecule has 1 rings (SSSR count). The lowest BCUT2D eigenvalue weighted by molar-refractivity contribution is -0.00953. The van der Waals surface area contributed by atoms with E-state index in [0.717, 1.165) is 25.6 Å². The summed E-state index contributed by atoms with van der Waals surface area (Å²) in [5, 5.41) is -4.64. The summed E-state index contributed by atoms with van der Waals surface area (Å²) in [6.45, 7) is -1.88. The number of esters is 2. The number of hydrogen-bond acceptors (Lipinski definition) is 7. The Balaban J connectivity index is 2.84. The quantitative estimate of drug-likeness (QED) is 0.614. The molecule has 1 aromatic heterocycles. The van der Waals surface area contributed by atoms with Crippen molar-refractivity contribution < 1.29 is 40.8 Å². The van der Waals surface area contributed by atoms with E-state index in [-0.39, 0.29) is 11.1 Å². The number of aromatic nitrogens is 1. The van der Waals surface area contributed by atoms with E-state index in [1.165, 1.54) is 0 Å². The molecule has 0 aromatic carbocycles. The molecule has 0 aliphatic rings. The molecule has 0 saturated carbocycles. The number of carbonyl (C=O) groups is 2. The molecule has 0 spiro atoms. The van der Waals surface area contributed by atoms with Crippen molar-refractivity contribution in [3.8, 4) is 0 Å². The van der Waals surface area contributed by atoms with Gasteiger partial charge in [-0.15, -0.1) is 0 Å². The average molecular weight is 325 g/mol. The molecule has 0 radical (unpaired) electrons. The predicted molar refractivity (Wildman–Crippen MR) is 62.4 cm³/mol. The highest BCUT2D eigenvalue weighted by atomic mass is 32.2. The fraction of sp³-hybridized carbons (Fsp3) is 0.300. The maximum Gasteiger partial charge on any atom is 0.402 e. The van der Waals surface area contributed by atoms with E-state index in [1.807, 2.05) is 0 Å². The maximum atomic E-state index is 12.9. The molecule has 0 atom stereocenters. The van der Waals surface area contributed by atoms with Gasteiger partial charge in [-0.3, -0.25) is 9.54 Å². The number of nitrogens with zero attached hydrogens (tertiary/aromatic N) is 1. The second kappa shape index (κ2) is 6.10. The summed E-state index contributed by atoms with van der Waals surface area (Å²) in [7, 11) is -4.62. The highest BCUT2D eigenvalue weighted by Gasteiger charge is 2.45. The fourth-order valence-electron chi connectivity index (χ4n) is 1.09. The van der Waals surface area contributed by atoms with Gasteiger partial charge in [-0.2, -0.15) is 17.2 Å². The van der Waals surface area contributed by atoms with Crippen molar-refractivity contribution >= 4 is 22.1 Å². The van der Waals surface area contributed by atoms with Gasteiger partial charge < -0.3 is 9.47 Å². The molecule has 116 valence electrons. The number of halogens is 2. The zero-order chi connectivity index (χ0) is 16.3. The summed E-state index contributed by atoms with van der Waals surface area (Å²) in [5.41, 5.74) is -0.502. The zero-order valence-electron chi connectivity index (χ0n) is 10.4. The lowest BCUT2D eigenvalue weighted by Crippen LogP contribution is -2.34. The lowest BCUT2D eigenvalue weighted by Gasteiger charge is -2.12. The van der Waals surface area contributed by atoms with Crippen LogP contribution in [0.4, 0.5) is 8.78 Å². The second-order valence-electron chi connectivity index (χ2n) is 3.64. The van der Waals surface area contributed by atoms with Gasteiger partial charge >= 0.3 is 27.3 Å². The molecular weight excluding hydrogens is 316 g/mol. The lowest BCUT2D eigenvalue weighted by atomic mass is 10.2. The van der Waals surface area contributed by atoms with Crippen LogP contribution in [0, 0.1) is 0 Å². The van der Waals surface area contributed by atoms with Gasteiger partial charge in [-0.05, 0) is 6.07 Å². The largest absolute Gasteiger partial charge is 0.465 e. The third-order valence-electron chi connectivity index (χ3n) is 2.14. The summed E-state index contributed by atoms with van der Waals surface area (Å²) >= 11 is 0. The van der Waals surface area contributed by atoms with E-state index >= 15 is 0 Å². The van der Waals surface area contributed by atoms with Crippen LogP contribution in [-0.4, -0.2) is 48.9 Å². The van der Waals surface area contributed by atoms with Crippen molar-refractivity contribution in [1.29, 1.82) is 0 Å². The minimum Gasteiger partial charge on any atom is -0.465 e. The van der Waals surface area contributed by atoms with Crippen LogP contribution >= 0.6 is 0 Å². The Morgan fingerprint density at radius 1 is 1.29 bits per heavy atom. The maximum absolute atomic E-state index is 12.9. The Morgan fingerprint density at radius 3 is 2.29 bits per heavy atom. The molecule has 11 heteroatoms. The van der Waals surface area contributed by atoms with E-state index in [2.05, 4.69) is 14.5 Å². The third-order valence-corrected chi connectivity index (χ3v) is 3.02. The topological polar surface area (TPSA) is 120 Å². The number of ether oxygens (including phenoxy) is 2. The van der Waals surface area contributed by atoms with Crippen LogP contribution in [0.2, 0.25) is 0 Å². The molecule has 21 heavy (non-hydrogen) atoms. The van der Waals surface area contributed by atoms with Crippen LogP contribution in [0.1, 0.15) is 20.7 Å². The first-order valence-corrected chi connectivity index (χ1v) is 6.58. The van der Waals surface area contributed by atoms with Crippen LogP contribution in [0.3, 0.4) is 0 Å². The van der Waals surface area contributed by atoms with Gasteiger partial charge in [0.25, 0.3) is 0 Å². The smallest absolute Gasteiger partial charge is 0.402 e. The van der Waals surface area contributed by atoms with Crippen LogP contribution in [0.15, 0.2) is 18.5 Å². The highest BCUT2D eigenvalue weighted by molar-refractivity contribution is 7.86. The van der Waals surface area contributed by atoms with E-state index in [1.54, 1.807) is 0 Å². The molecular formula is C10H9F2NO7S. The molecule has 0 aliphatic heterocycles. The molecule has 0 aliphatic carbocycles. The Kier molecular flexibility index (Phi) is 4.91. The predicted octanol–water partition coefficient (Wildman–Crippen LogP) is 0.506. The van der Waals surface area contributed by atoms with Crippen molar-refractivity contribution in [1.82, 2.24) is 4.98 Å². The SMILES string of the molecule is COC(=O)c1cncc(C(=O)OCC(F)(F)S(=O)(=O)O)c1. The summed E-state index contributed by atoms with van der Waals surface area (Å²) in [4.78, 5) is 26.2. The van der Waals surface area contributed by atoms with Crippen LogP contribution in [0.5, 0.6) is 0 Å². The Labute approximate surface area is 117 Å². The van der Waals surface area contributed by atoms with E-state index < -0.39 is 33.9 Å².